The standard InChI is InChI=1S/C37H42N4O8/c1-36(2,3)48-34(45)40-20-19-38-32(40)41(35(46)49-37(4,5)6)24-17-15-23(16-18-24)21-30(31(42)43)39-33(44)47-22-29-27-13-9-7-11-25(27)26-12-8-10-14-28(26)29/h7-18,29-30H,19-22H2,1-6H3,(H,39,44)(H,42,43). The number of carboxylic acids is 1. The Hall–Kier alpha value is -5.39. The third-order valence-corrected chi connectivity index (χ3v) is 7.78. The molecular weight excluding hydrogens is 628 g/mol. The first-order valence-electron chi connectivity index (χ1n) is 16.1. The summed E-state index contributed by atoms with van der Waals surface area (Å²) in [6.45, 7) is 10.9. The first-order chi connectivity index (χ1) is 23.1. The molecule has 1 aliphatic carbocycles. The number of ether oxygens (including phenoxy) is 3. The van der Waals surface area contributed by atoms with Gasteiger partial charge in [-0.25, -0.2) is 34.0 Å². The second-order valence-corrected chi connectivity index (χ2v) is 13.9. The molecule has 0 saturated heterocycles. The van der Waals surface area contributed by atoms with Crippen molar-refractivity contribution in [2.75, 3.05) is 24.6 Å². The number of carboxylic acid groups (broad SMARTS) is 1. The van der Waals surface area contributed by atoms with Crippen LogP contribution in [0.1, 0.15) is 64.2 Å². The van der Waals surface area contributed by atoms with Crippen LogP contribution in [0, 0.1) is 0 Å². The lowest BCUT2D eigenvalue weighted by Crippen LogP contribution is -2.50. The van der Waals surface area contributed by atoms with Gasteiger partial charge in [0.25, 0.3) is 0 Å². The second-order valence-electron chi connectivity index (χ2n) is 13.9. The van der Waals surface area contributed by atoms with Gasteiger partial charge in [-0.1, -0.05) is 60.7 Å². The summed E-state index contributed by atoms with van der Waals surface area (Å²) < 4.78 is 16.8. The van der Waals surface area contributed by atoms with E-state index in [-0.39, 0.29) is 38.0 Å². The van der Waals surface area contributed by atoms with Gasteiger partial charge in [-0.2, -0.15) is 0 Å². The van der Waals surface area contributed by atoms with Crippen LogP contribution in [-0.2, 0) is 25.4 Å². The Morgan fingerprint density at radius 1 is 0.878 bits per heavy atom. The van der Waals surface area contributed by atoms with Crippen LogP contribution < -0.4 is 10.2 Å². The Bertz CT molecular complexity index is 1710. The molecule has 258 valence electrons. The Balaban J connectivity index is 1.28. The predicted molar refractivity (Wildman–Crippen MR) is 184 cm³/mol. The van der Waals surface area contributed by atoms with Gasteiger partial charge in [0.05, 0.1) is 18.8 Å². The molecule has 2 N–H and O–H groups in total. The number of fused-ring (bicyclic) bond motifs is 3. The van der Waals surface area contributed by atoms with Crippen LogP contribution in [-0.4, -0.2) is 77.2 Å². The minimum absolute atomic E-state index is 0.0472. The number of aliphatic carboxylic acids is 1. The summed E-state index contributed by atoms with van der Waals surface area (Å²) in [5.41, 5.74) is 3.56. The zero-order valence-electron chi connectivity index (χ0n) is 28.6. The summed E-state index contributed by atoms with van der Waals surface area (Å²) in [6, 6.07) is 21.1. The molecule has 1 unspecified atom stereocenters. The number of nitrogens with zero attached hydrogens (tertiary/aromatic N) is 3. The molecule has 0 bridgehead atoms. The molecule has 1 atom stereocenters. The predicted octanol–water partition coefficient (Wildman–Crippen LogP) is 6.57. The maximum absolute atomic E-state index is 13.5. The van der Waals surface area contributed by atoms with Crippen molar-refractivity contribution in [2.45, 2.75) is 71.1 Å². The molecule has 0 saturated carbocycles. The number of nitrogens with one attached hydrogen (secondary N) is 1. The van der Waals surface area contributed by atoms with Gasteiger partial charge in [0.15, 0.2) is 0 Å². The maximum Gasteiger partial charge on any atom is 0.421 e. The summed E-state index contributed by atoms with van der Waals surface area (Å²) in [5, 5.41) is 12.4. The minimum atomic E-state index is -1.29. The highest BCUT2D eigenvalue weighted by molar-refractivity contribution is 6.17. The fraction of sp³-hybridized carbons (Fsp3) is 0.378. The van der Waals surface area contributed by atoms with Gasteiger partial charge < -0.3 is 24.6 Å². The van der Waals surface area contributed by atoms with Crippen molar-refractivity contribution in [2.24, 2.45) is 4.99 Å². The lowest BCUT2D eigenvalue weighted by atomic mass is 9.98. The van der Waals surface area contributed by atoms with Crippen molar-refractivity contribution in [1.82, 2.24) is 10.2 Å². The summed E-state index contributed by atoms with van der Waals surface area (Å²) in [6.07, 6.45) is -2.31. The summed E-state index contributed by atoms with van der Waals surface area (Å²) in [7, 11) is 0. The van der Waals surface area contributed by atoms with E-state index in [1.54, 1.807) is 65.8 Å². The highest BCUT2D eigenvalue weighted by atomic mass is 16.6. The summed E-state index contributed by atoms with van der Waals surface area (Å²) in [4.78, 5) is 58.4. The number of carbonyl (C=O) groups excluding carboxylic acids is 3. The molecule has 3 aromatic rings. The Labute approximate surface area is 285 Å². The van der Waals surface area contributed by atoms with Gasteiger partial charge in [-0.05, 0) is 81.5 Å². The molecule has 0 aromatic heterocycles. The monoisotopic (exact) mass is 670 g/mol. The van der Waals surface area contributed by atoms with E-state index in [0.29, 0.717) is 11.3 Å². The number of alkyl carbamates (subject to hydrolysis) is 1. The zero-order chi connectivity index (χ0) is 35.5. The molecule has 12 nitrogen and oxygen atoms in total. The fourth-order valence-corrected chi connectivity index (χ4v) is 5.73. The van der Waals surface area contributed by atoms with Gasteiger partial charge in [0.1, 0.15) is 23.9 Å². The van der Waals surface area contributed by atoms with E-state index in [0.717, 1.165) is 22.3 Å². The van der Waals surface area contributed by atoms with E-state index in [4.69, 9.17) is 14.2 Å². The number of anilines is 1. The van der Waals surface area contributed by atoms with Crippen molar-refractivity contribution < 1.29 is 38.5 Å². The molecule has 1 aliphatic heterocycles. The van der Waals surface area contributed by atoms with Crippen molar-refractivity contribution in [1.29, 1.82) is 0 Å². The van der Waals surface area contributed by atoms with Crippen LogP contribution in [0.25, 0.3) is 11.1 Å². The smallest absolute Gasteiger partial charge is 0.421 e. The first kappa shape index (κ1) is 34.9. The van der Waals surface area contributed by atoms with Gasteiger partial charge in [-0.15, -0.1) is 0 Å². The lowest BCUT2D eigenvalue weighted by Gasteiger charge is -2.31. The van der Waals surface area contributed by atoms with E-state index >= 15 is 0 Å². The molecule has 0 spiro atoms. The minimum Gasteiger partial charge on any atom is -0.480 e. The van der Waals surface area contributed by atoms with Crippen LogP contribution in [0.4, 0.5) is 20.1 Å². The van der Waals surface area contributed by atoms with Crippen LogP contribution in [0.5, 0.6) is 0 Å². The fourth-order valence-electron chi connectivity index (χ4n) is 5.73. The van der Waals surface area contributed by atoms with Crippen LogP contribution >= 0.6 is 0 Å². The first-order valence-corrected chi connectivity index (χ1v) is 16.1. The molecule has 0 fully saturated rings. The summed E-state index contributed by atoms with van der Waals surface area (Å²) in [5.74, 6) is -1.35. The molecule has 1 heterocycles. The Kier molecular flexibility index (Phi) is 9.98. The quantitative estimate of drug-likeness (QED) is 0.269. The van der Waals surface area contributed by atoms with Gasteiger partial charge >= 0.3 is 24.2 Å². The number of guanidine groups is 1. The van der Waals surface area contributed by atoms with E-state index in [1.165, 1.54) is 9.80 Å². The van der Waals surface area contributed by atoms with E-state index in [1.807, 2.05) is 48.5 Å². The number of benzene rings is 3. The molecular formula is C37H42N4O8. The highest BCUT2D eigenvalue weighted by Crippen LogP contribution is 2.44. The number of hydrogen-bond donors (Lipinski definition) is 2. The van der Waals surface area contributed by atoms with Crippen molar-refractivity contribution in [3.05, 3.63) is 89.5 Å². The zero-order valence-corrected chi connectivity index (χ0v) is 28.6. The normalized spacial score (nSPS) is 14.7. The molecule has 0 radical (unpaired) electrons. The maximum atomic E-state index is 13.5. The number of carbonyl (C=O) groups is 4. The van der Waals surface area contributed by atoms with E-state index < -0.39 is 41.5 Å². The van der Waals surface area contributed by atoms with Gasteiger partial charge in [0, 0.05) is 12.3 Å². The molecule has 3 amide bonds. The molecule has 49 heavy (non-hydrogen) atoms. The molecule has 12 heteroatoms. The molecule has 2 aliphatic rings. The summed E-state index contributed by atoms with van der Waals surface area (Å²) >= 11 is 0. The highest BCUT2D eigenvalue weighted by Gasteiger charge is 2.37. The average molecular weight is 671 g/mol. The van der Waals surface area contributed by atoms with Crippen LogP contribution in [0.3, 0.4) is 0 Å². The van der Waals surface area contributed by atoms with Crippen molar-refractivity contribution >= 4 is 35.9 Å². The largest absolute Gasteiger partial charge is 0.480 e. The van der Waals surface area contributed by atoms with E-state index in [2.05, 4.69) is 10.3 Å². The SMILES string of the molecule is CC(C)(C)OC(=O)N1CCN=C1N(C(=O)OC(C)(C)C)c1ccc(CC(NC(=O)OCC2c3ccccc3-c3ccccc32)C(=O)O)cc1. The van der Waals surface area contributed by atoms with Crippen molar-refractivity contribution in [3.8, 4) is 11.1 Å². The Morgan fingerprint density at radius 3 is 2.00 bits per heavy atom. The molecule has 5 rings (SSSR count). The number of amides is 3. The molecule has 3 aromatic carbocycles. The number of aliphatic imine (C=N–C) groups is 1. The second kappa shape index (κ2) is 14.0. The number of hydrogen-bond acceptors (Lipinski definition) is 8. The topological polar surface area (TPSA) is 147 Å². The van der Waals surface area contributed by atoms with Crippen molar-refractivity contribution in [3.63, 3.8) is 0 Å². The average Bonchev–Trinajstić information content (AvgIpc) is 3.62. The van der Waals surface area contributed by atoms with E-state index in [9.17, 15) is 24.3 Å². The number of rotatable bonds is 7. The Morgan fingerprint density at radius 2 is 1.45 bits per heavy atom. The third kappa shape index (κ3) is 8.37. The van der Waals surface area contributed by atoms with Crippen LogP contribution in [0.2, 0.25) is 0 Å². The lowest BCUT2D eigenvalue weighted by molar-refractivity contribution is -0.139. The van der Waals surface area contributed by atoms with Crippen LogP contribution in [0.15, 0.2) is 77.8 Å². The van der Waals surface area contributed by atoms with Gasteiger partial charge in [-0.3, -0.25) is 0 Å². The van der Waals surface area contributed by atoms with Gasteiger partial charge in [0.2, 0.25) is 5.96 Å². The third-order valence-electron chi connectivity index (χ3n) is 7.78.